The molecule has 31 heavy (non-hydrogen) atoms. The van der Waals surface area contributed by atoms with Crippen LogP contribution in [0.5, 0.6) is 11.5 Å². The van der Waals surface area contributed by atoms with E-state index in [4.69, 9.17) is 21.1 Å². The van der Waals surface area contributed by atoms with Crippen molar-refractivity contribution in [3.63, 3.8) is 0 Å². The topological polar surface area (TPSA) is 39.5 Å². The van der Waals surface area contributed by atoms with Gasteiger partial charge in [-0.25, -0.2) is 4.98 Å². The Hall–Kier alpha value is -2.87. The highest BCUT2D eigenvalue weighted by atomic mass is 35.5. The first kappa shape index (κ1) is 22.8. The summed E-state index contributed by atoms with van der Waals surface area (Å²) in [6.45, 7) is 1.99. The number of rotatable bonds is 9. The number of hydrogen-bond donors (Lipinski definition) is 0. The molecule has 5 nitrogen and oxygen atoms in total. The van der Waals surface area contributed by atoms with Crippen LogP contribution in [0.1, 0.15) is 18.3 Å². The third-order valence-electron chi connectivity index (χ3n) is 4.59. The Labute approximate surface area is 184 Å². The van der Waals surface area contributed by atoms with Crippen LogP contribution in [0.15, 0.2) is 54.9 Å². The van der Waals surface area contributed by atoms with Crippen LogP contribution < -0.4 is 14.4 Å². The van der Waals surface area contributed by atoms with Crippen molar-refractivity contribution < 1.29 is 22.6 Å². The maximum absolute atomic E-state index is 12.9. The van der Waals surface area contributed by atoms with Gasteiger partial charge in [-0.1, -0.05) is 23.7 Å². The second-order valence-electron chi connectivity index (χ2n) is 6.84. The first-order chi connectivity index (χ1) is 14.8. The minimum absolute atomic E-state index is 0.166. The lowest BCUT2D eigenvalue weighted by molar-refractivity contribution is -0.141. The van der Waals surface area contributed by atoms with Gasteiger partial charge >= 0.3 is 6.18 Å². The van der Waals surface area contributed by atoms with Crippen LogP contribution in [-0.2, 0) is 19.6 Å². The van der Waals surface area contributed by atoms with Crippen LogP contribution in [0, 0.1) is 0 Å². The van der Waals surface area contributed by atoms with Gasteiger partial charge in [0, 0.05) is 24.6 Å². The molecule has 3 rings (SSSR count). The molecular formula is C22H23ClF3N3O2. The van der Waals surface area contributed by atoms with Gasteiger partial charge in [0.05, 0.1) is 25.3 Å². The van der Waals surface area contributed by atoms with Crippen LogP contribution >= 0.6 is 11.6 Å². The van der Waals surface area contributed by atoms with Crippen LogP contribution in [-0.4, -0.2) is 29.4 Å². The minimum Gasteiger partial charge on any atom is -0.495 e. The number of ether oxygens (including phenoxy) is 2. The molecule has 0 fully saturated rings. The third kappa shape index (κ3) is 6.30. The number of imidazole rings is 1. The monoisotopic (exact) mass is 453 g/mol. The summed E-state index contributed by atoms with van der Waals surface area (Å²) in [4.78, 5) is 6.06. The highest BCUT2D eigenvalue weighted by Gasteiger charge is 2.29. The summed E-state index contributed by atoms with van der Waals surface area (Å²) in [5.74, 6) is 1.58. The fourth-order valence-corrected chi connectivity index (χ4v) is 3.42. The standard InChI is InChI=1S/C22H23ClF3N3O2/c1-3-31-18-7-4-16(5-8-18)13-29(17-6-9-20(30-2)19(23)12-17)14-21-27-10-11-28(21)15-22(24,25)26/h4-12H,3,13-15H2,1-2H3. The van der Waals surface area contributed by atoms with Crippen LogP contribution in [0.3, 0.4) is 0 Å². The van der Waals surface area contributed by atoms with E-state index in [1.54, 1.807) is 12.1 Å². The molecule has 0 aliphatic heterocycles. The van der Waals surface area contributed by atoms with Crippen molar-refractivity contribution >= 4 is 17.3 Å². The fourth-order valence-electron chi connectivity index (χ4n) is 3.17. The number of benzene rings is 2. The molecular weight excluding hydrogens is 431 g/mol. The van der Waals surface area contributed by atoms with Crippen molar-refractivity contribution in [3.05, 3.63) is 71.3 Å². The van der Waals surface area contributed by atoms with E-state index in [-0.39, 0.29) is 6.54 Å². The van der Waals surface area contributed by atoms with E-state index in [1.165, 1.54) is 19.5 Å². The van der Waals surface area contributed by atoms with Crippen molar-refractivity contribution in [3.8, 4) is 11.5 Å². The summed E-state index contributed by atoms with van der Waals surface area (Å²) in [5.41, 5.74) is 1.70. The molecule has 1 aromatic heterocycles. The average molecular weight is 454 g/mol. The normalized spacial score (nSPS) is 11.4. The largest absolute Gasteiger partial charge is 0.495 e. The molecule has 0 atom stereocenters. The summed E-state index contributed by atoms with van der Waals surface area (Å²) in [7, 11) is 1.52. The van der Waals surface area contributed by atoms with E-state index in [2.05, 4.69) is 4.98 Å². The van der Waals surface area contributed by atoms with Crippen molar-refractivity contribution in [2.24, 2.45) is 0 Å². The summed E-state index contributed by atoms with van der Waals surface area (Å²) < 4.78 is 50.6. The molecule has 0 aliphatic rings. The van der Waals surface area contributed by atoms with Crippen molar-refractivity contribution in [2.45, 2.75) is 32.7 Å². The number of halogens is 4. The molecule has 0 amide bonds. The first-order valence-corrected chi connectivity index (χ1v) is 10.0. The Morgan fingerprint density at radius 2 is 1.84 bits per heavy atom. The SMILES string of the molecule is CCOc1ccc(CN(Cc2nccn2CC(F)(F)F)c2ccc(OC)c(Cl)c2)cc1. The third-order valence-corrected chi connectivity index (χ3v) is 4.89. The zero-order chi connectivity index (χ0) is 22.4. The van der Waals surface area contributed by atoms with Crippen LogP contribution in [0.4, 0.5) is 18.9 Å². The fraction of sp³-hybridized carbons (Fsp3) is 0.318. The maximum Gasteiger partial charge on any atom is 0.406 e. The molecule has 2 aromatic carbocycles. The van der Waals surface area contributed by atoms with Gasteiger partial charge in [-0.2, -0.15) is 13.2 Å². The first-order valence-electron chi connectivity index (χ1n) is 9.66. The van der Waals surface area contributed by atoms with Gasteiger partial charge in [0.25, 0.3) is 0 Å². The van der Waals surface area contributed by atoms with Gasteiger partial charge in [0.15, 0.2) is 0 Å². The lowest BCUT2D eigenvalue weighted by Gasteiger charge is -2.26. The summed E-state index contributed by atoms with van der Waals surface area (Å²) in [5, 5.41) is 0.412. The number of alkyl halides is 3. The predicted molar refractivity (Wildman–Crippen MR) is 114 cm³/mol. The molecule has 1 heterocycles. The molecule has 0 N–H and O–H groups in total. The molecule has 3 aromatic rings. The van der Waals surface area contributed by atoms with E-state index in [9.17, 15) is 13.2 Å². The number of hydrogen-bond acceptors (Lipinski definition) is 4. The van der Waals surface area contributed by atoms with Gasteiger partial charge in [-0.3, -0.25) is 0 Å². The quantitative estimate of drug-likeness (QED) is 0.416. The Morgan fingerprint density at radius 3 is 2.45 bits per heavy atom. The smallest absolute Gasteiger partial charge is 0.406 e. The van der Waals surface area contributed by atoms with E-state index in [1.807, 2.05) is 42.2 Å². The summed E-state index contributed by atoms with van der Waals surface area (Å²) in [6, 6.07) is 12.8. The number of anilines is 1. The Morgan fingerprint density at radius 1 is 1.10 bits per heavy atom. The molecule has 0 spiro atoms. The molecule has 0 bridgehead atoms. The Kier molecular flexibility index (Phi) is 7.33. The molecule has 0 saturated heterocycles. The zero-order valence-corrected chi connectivity index (χ0v) is 18.0. The van der Waals surface area contributed by atoms with Crippen molar-refractivity contribution in [1.82, 2.24) is 9.55 Å². The number of methoxy groups -OCH3 is 1. The van der Waals surface area contributed by atoms with Gasteiger partial charge in [0.2, 0.25) is 0 Å². The molecule has 0 saturated carbocycles. The van der Waals surface area contributed by atoms with Gasteiger partial charge in [-0.05, 0) is 42.8 Å². The van der Waals surface area contributed by atoms with Crippen molar-refractivity contribution in [1.29, 1.82) is 0 Å². The van der Waals surface area contributed by atoms with Crippen LogP contribution in [0.25, 0.3) is 0 Å². The molecule has 0 radical (unpaired) electrons. The molecule has 166 valence electrons. The molecule has 0 aliphatic carbocycles. The van der Waals surface area contributed by atoms with E-state index >= 15 is 0 Å². The van der Waals surface area contributed by atoms with Crippen molar-refractivity contribution in [2.75, 3.05) is 18.6 Å². The lowest BCUT2D eigenvalue weighted by Crippen LogP contribution is -2.26. The predicted octanol–water partition coefficient (Wildman–Crippen LogP) is 5.71. The lowest BCUT2D eigenvalue weighted by atomic mass is 10.1. The van der Waals surface area contributed by atoms with E-state index < -0.39 is 12.7 Å². The highest BCUT2D eigenvalue weighted by molar-refractivity contribution is 6.32. The Bertz CT molecular complexity index is 990. The summed E-state index contributed by atoms with van der Waals surface area (Å²) in [6.07, 6.45) is -1.63. The number of nitrogens with zero attached hydrogens (tertiary/aromatic N) is 3. The molecule has 0 unspecified atom stereocenters. The minimum atomic E-state index is -4.33. The van der Waals surface area contributed by atoms with Crippen LogP contribution in [0.2, 0.25) is 5.02 Å². The van der Waals surface area contributed by atoms with E-state index in [0.717, 1.165) is 21.6 Å². The Balaban J connectivity index is 1.89. The van der Waals surface area contributed by atoms with E-state index in [0.29, 0.717) is 29.7 Å². The second-order valence-corrected chi connectivity index (χ2v) is 7.25. The van der Waals surface area contributed by atoms with Gasteiger partial charge in [-0.15, -0.1) is 0 Å². The zero-order valence-electron chi connectivity index (χ0n) is 17.2. The maximum atomic E-state index is 12.9. The summed E-state index contributed by atoms with van der Waals surface area (Å²) >= 11 is 6.29. The average Bonchev–Trinajstić information content (AvgIpc) is 3.14. The number of aromatic nitrogens is 2. The van der Waals surface area contributed by atoms with Gasteiger partial charge in [0.1, 0.15) is 23.9 Å². The highest BCUT2D eigenvalue weighted by Crippen LogP contribution is 2.31. The molecule has 9 heteroatoms. The second kappa shape index (κ2) is 9.96. The van der Waals surface area contributed by atoms with Gasteiger partial charge < -0.3 is 18.9 Å².